The highest BCUT2D eigenvalue weighted by Gasteiger charge is 2.24. The average molecular weight is 387 g/mol. The lowest BCUT2D eigenvalue weighted by molar-refractivity contribution is 0.00316. The van der Waals surface area contributed by atoms with E-state index in [2.05, 4.69) is 19.9 Å². The maximum atomic E-state index is 14.5. The van der Waals surface area contributed by atoms with Crippen molar-refractivity contribution >= 4 is 17.1 Å². The Hall–Kier alpha value is -2.78. The van der Waals surface area contributed by atoms with Crippen LogP contribution in [0.3, 0.4) is 0 Å². The van der Waals surface area contributed by atoms with Crippen LogP contribution in [0.15, 0.2) is 18.2 Å². The molecule has 1 aliphatic rings. The summed E-state index contributed by atoms with van der Waals surface area (Å²) in [6.45, 7) is 4.82. The maximum Gasteiger partial charge on any atom is 0.228 e. The summed E-state index contributed by atoms with van der Waals surface area (Å²) >= 11 is 0. The molecule has 3 heterocycles. The third kappa shape index (κ3) is 3.38. The first-order valence-electron chi connectivity index (χ1n) is 8.92. The summed E-state index contributed by atoms with van der Waals surface area (Å²) in [4.78, 5) is 19.9. The minimum absolute atomic E-state index is 0.123. The predicted octanol–water partition coefficient (Wildman–Crippen LogP) is 2.18. The highest BCUT2D eigenvalue weighted by Crippen LogP contribution is 2.29. The number of fused-ring (bicyclic) bond motifs is 1. The molecule has 1 aliphatic heterocycles. The van der Waals surface area contributed by atoms with Gasteiger partial charge in [0.15, 0.2) is 5.65 Å². The van der Waals surface area contributed by atoms with Gasteiger partial charge in [-0.25, -0.2) is 23.7 Å². The largest absolute Gasteiger partial charge is 0.394 e. The Balaban J connectivity index is 1.92. The van der Waals surface area contributed by atoms with Gasteiger partial charge in [-0.2, -0.15) is 4.98 Å². The number of hydrogen-bond donors (Lipinski definition) is 1. The first-order valence-corrected chi connectivity index (χ1v) is 8.92. The van der Waals surface area contributed by atoms with Crippen molar-refractivity contribution in [1.82, 2.24) is 19.9 Å². The molecule has 1 unspecified atom stereocenters. The second kappa shape index (κ2) is 7.33. The molecule has 1 fully saturated rings. The Morgan fingerprint density at radius 2 is 1.93 bits per heavy atom. The van der Waals surface area contributed by atoms with Crippen LogP contribution in [0.4, 0.5) is 14.7 Å². The van der Waals surface area contributed by atoms with E-state index in [1.807, 2.05) is 11.8 Å². The summed E-state index contributed by atoms with van der Waals surface area (Å²) in [5.74, 6) is -1.07. The van der Waals surface area contributed by atoms with E-state index in [1.165, 1.54) is 12.1 Å². The first-order chi connectivity index (χ1) is 13.5. The van der Waals surface area contributed by atoms with E-state index in [-0.39, 0.29) is 24.0 Å². The lowest BCUT2D eigenvalue weighted by atomic mass is 10.1. The first kappa shape index (κ1) is 18.6. The number of anilines is 1. The molecule has 0 aliphatic carbocycles. The Kier molecular flexibility index (Phi) is 4.86. The molecule has 0 saturated carbocycles. The van der Waals surface area contributed by atoms with Crippen molar-refractivity contribution in [2.75, 3.05) is 31.2 Å². The molecule has 4 rings (SSSR count). The van der Waals surface area contributed by atoms with E-state index >= 15 is 0 Å². The van der Waals surface area contributed by atoms with E-state index in [0.717, 1.165) is 6.07 Å². The van der Waals surface area contributed by atoms with Gasteiger partial charge in [0.05, 0.1) is 30.7 Å². The second-order valence-corrected chi connectivity index (χ2v) is 6.68. The number of ether oxygens (including phenoxy) is 1. The zero-order valence-corrected chi connectivity index (χ0v) is 15.5. The number of aliphatic hydroxyl groups is 1. The number of rotatable bonds is 3. The molecular formula is C19H19F2N5O2. The molecule has 3 aromatic rings. The second-order valence-electron chi connectivity index (χ2n) is 6.68. The smallest absolute Gasteiger partial charge is 0.228 e. The molecule has 1 atom stereocenters. The molecule has 1 N–H and O–H groups in total. The quantitative estimate of drug-likeness (QED) is 0.737. The predicted molar refractivity (Wildman–Crippen MR) is 99.0 cm³/mol. The van der Waals surface area contributed by atoms with E-state index < -0.39 is 11.6 Å². The molecule has 9 heteroatoms. The van der Waals surface area contributed by atoms with Gasteiger partial charge in [0.25, 0.3) is 0 Å². The third-order valence-electron chi connectivity index (χ3n) is 4.74. The summed E-state index contributed by atoms with van der Waals surface area (Å²) < 4.78 is 33.4. The van der Waals surface area contributed by atoms with E-state index in [1.54, 1.807) is 6.92 Å². The fourth-order valence-electron chi connectivity index (χ4n) is 3.12. The summed E-state index contributed by atoms with van der Waals surface area (Å²) in [6.07, 6.45) is -0.357. The van der Waals surface area contributed by atoms with Gasteiger partial charge in [-0.05, 0) is 26.0 Å². The summed E-state index contributed by atoms with van der Waals surface area (Å²) in [6, 6.07) is 3.33. The van der Waals surface area contributed by atoms with Gasteiger partial charge < -0.3 is 14.7 Å². The van der Waals surface area contributed by atoms with Crippen LogP contribution in [-0.2, 0) is 4.74 Å². The topological polar surface area (TPSA) is 84.3 Å². The van der Waals surface area contributed by atoms with Crippen LogP contribution in [0.2, 0.25) is 0 Å². The molecule has 146 valence electrons. The molecular weight excluding hydrogens is 368 g/mol. The van der Waals surface area contributed by atoms with Crippen molar-refractivity contribution in [2.24, 2.45) is 0 Å². The fourth-order valence-corrected chi connectivity index (χ4v) is 3.12. The van der Waals surface area contributed by atoms with Gasteiger partial charge >= 0.3 is 0 Å². The van der Waals surface area contributed by atoms with Crippen LogP contribution in [0.5, 0.6) is 0 Å². The zero-order chi connectivity index (χ0) is 19.8. The summed E-state index contributed by atoms with van der Waals surface area (Å²) in [5, 5.41) is 9.39. The summed E-state index contributed by atoms with van der Waals surface area (Å²) in [5.41, 5.74) is 2.44. The minimum atomic E-state index is -0.735. The van der Waals surface area contributed by atoms with Crippen molar-refractivity contribution in [3.05, 3.63) is 41.2 Å². The fraction of sp³-hybridized carbons (Fsp3) is 0.368. The average Bonchev–Trinajstić information content (AvgIpc) is 2.68. The molecule has 0 radical (unpaired) electrons. The molecule has 2 aromatic heterocycles. The van der Waals surface area contributed by atoms with Crippen LogP contribution in [0.1, 0.15) is 11.4 Å². The van der Waals surface area contributed by atoms with Crippen LogP contribution >= 0.6 is 0 Å². The molecule has 28 heavy (non-hydrogen) atoms. The monoisotopic (exact) mass is 387 g/mol. The lowest BCUT2D eigenvalue weighted by Gasteiger charge is -2.32. The number of aliphatic hydroxyl groups excluding tert-OH is 1. The lowest BCUT2D eigenvalue weighted by Crippen LogP contribution is -2.44. The van der Waals surface area contributed by atoms with Crippen molar-refractivity contribution in [2.45, 2.75) is 20.0 Å². The van der Waals surface area contributed by atoms with Gasteiger partial charge in [-0.1, -0.05) is 0 Å². The number of aryl methyl sites for hydroxylation is 2. The van der Waals surface area contributed by atoms with Gasteiger partial charge in [0, 0.05) is 24.7 Å². The van der Waals surface area contributed by atoms with Crippen LogP contribution in [0.25, 0.3) is 22.4 Å². The van der Waals surface area contributed by atoms with Gasteiger partial charge in [0.1, 0.15) is 22.8 Å². The third-order valence-corrected chi connectivity index (χ3v) is 4.74. The number of hydrogen-bond acceptors (Lipinski definition) is 7. The molecule has 1 saturated heterocycles. The Labute approximate surface area is 160 Å². The number of benzene rings is 1. The van der Waals surface area contributed by atoms with Crippen molar-refractivity contribution in [3.8, 4) is 11.3 Å². The molecule has 1 aromatic carbocycles. The Morgan fingerprint density at radius 3 is 2.68 bits per heavy atom. The Morgan fingerprint density at radius 1 is 1.14 bits per heavy atom. The van der Waals surface area contributed by atoms with Gasteiger partial charge in [-0.15, -0.1) is 0 Å². The van der Waals surface area contributed by atoms with Crippen LogP contribution < -0.4 is 4.90 Å². The number of morpholine rings is 1. The SMILES string of the molecule is Cc1nc2nc(N3CCOC(CO)C3)nc(-c3ccc(F)cc3F)c2nc1C. The van der Waals surface area contributed by atoms with E-state index in [9.17, 15) is 13.9 Å². The van der Waals surface area contributed by atoms with Crippen LogP contribution in [0, 0.1) is 25.5 Å². The number of aromatic nitrogens is 4. The van der Waals surface area contributed by atoms with Crippen molar-refractivity contribution in [3.63, 3.8) is 0 Å². The van der Waals surface area contributed by atoms with Crippen molar-refractivity contribution < 1.29 is 18.6 Å². The van der Waals surface area contributed by atoms with Gasteiger partial charge in [0.2, 0.25) is 5.95 Å². The van der Waals surface area contributed by atoms with E-state index in [4.69, 9.17) is 4.74 Å². The van der Waals surface area contributed by atoms with E-state index in [0.29, 0.717) is 48.2 Å². The number of halogens is 2. The normalized spacial score (nSPS) is 17.3. The molecule has 7 nitrogen and oxygen atoms in total. The van der Waals surface area contributed by atoms with Gasteiger partial charge in [-0.3, -0.25) is 0 Å². The highest BCUT2D eigenvalue weighted by molar-refractivity contribution is 5.88. The standard InChI is InChI=1S/C19H19F2N5O2/c1-10-11(2)23-18-17(22-10)16(14-4-3-12(20)7-15(14)21)24-19(25-18)26-5-6-28-13(8-26)9-27/h3-4,7,13,27H,5-6,8-9H2,1-2H3. The molecule has 0 amide bonds. The summed E-state index contributed by atoms with van der Waals surface area (Å²) in [7, 11) is 0. The zero-order valence-electron chi connectivity index (χ0n) is 15.5. The van der Waals surface area contributed by atoms with Crippen molar-refractivity contribution in [1.29, 1.82) is 0 Å². The Bertz CT molecular complexity index is 1050. The van der Waals surface area contributed by atoms with Crippen LogP contribution in [-0.4, -0.2) is 57.4 Å². The molecule has 0 bridgehead atoms. The maximum absolute atomic E-state index is 14.5. The molecule has 0 spiro atoms. The highest BCUT2D eigenvalue weighted by atomic mass is 19.1. The number of nitrogens with zero attached hydrogens (tertiary/aromatic N) is 5. The minimum Gasteiger partial charge on any atom is -0.394 e.